The highest BCUT2D eigenvalue weighted by atomic mass is 79.9. The number of hydrogen-bond acceptors (Lipinski definition) is 1. The molecule has 0 heterocycles. The summed E-state index contributed by atoms with van der Waals surface area (Å²) in [5.74, 6) is 0. The van der Waals surface area contributed by atoms with Gasteiger partial charge in [0.1, 0.15) is 0 Å². The van der Waals surface area contributed by atoms with Crippen LogP contribution in [0.25, 0.3) is 11.1 Å². The average Bonchev–Trinajstić information content (AvgIpc) is 2.66. The topological polar surface area (TPSA) is 12.0 Å². The average molecular weight is 523 g/mol. The van der Waals surface area contributed by atoms with Crippen LogP contribution in [-0.2, 0) is 18.9 Å². The Morgan fingerprint density at radius 2 is 1.39 bits per heavy atom. The number of hydrogen-bond donors (Lipinski definition) is 1. The summed E-state index contributed by atoms with van der Waals surface area (Å²) in [4.78, 5) is 0. The van der Waals surface area contributed by atoms with E-state index in [4.69, 9.17) is 11.6 Å². The molecular formula is C22H15BrClF6N. The first-order chi connectivity index (χ1) is 14.4. The molecule has 0 spiro atoms. The van der Waals surface area contributed by atoms with Gasteiger partial charge in [-0.05, 0) is 60.0 Å². The molecule has 0 aromatic heterocycles. The van der Waals surface area contributed by atoms with E-state index < -0.39 is 23.5 Å². The van der Waals surface area contributed by atoms with Crippen molar-refractivity contribution in [3.05, 3.63) is 86.3 Å². The predicted octanol–water partition coefficient (Wildman–Crippen LogP) is 8.73. The second-order valence-electron chi connectivity index (χ2n) is 6.88. The first kappa shape index (κ1) is 23.5. The van der Waals surface area contributed by atoms with Gasteiger partial charge in [-0.3, -0.25) is 0 Å². The lowest BCUT2D eigenvalue weighted by atomic mass is 9.98. The van der Waals surface area contributed by atoms with Crippen molar-refractivity contribution in [2.45, 2.75) is 25.8 Å². The SMILES string of the molecule is Cc1cc(C(F)(F)F)ccc1-c1ccc(NCc2ccc(C(F)(F)F)cc2Br)cc1Cl. The minimum Gasteiger partial charge on any atom is -0.381 e. The molecule has 3 rings (SSSR count). The standard InChI is InChI=1S/C22H15BrClF6N/c1-12-8-14(21(25,26)27)4-6-17(12)18-7-5-16(10-20(18)24)31-11-13-2-3-15(9-19(13)23)22(28,29)30/h2-10,31H,11H2,1H3. The van der Waals surface area contributed by atoms with Crippen LogP contribution >= 0.6 is 27.5 Å². The van der Waals surface area contributed by atoms with Gasteiger partial charge in [-0.15, -0.1) is 0 Å². The van der Waals surface area contributed by atoms with E-state index in [1.807, 2.05) is 0 Å². The van der Waals surface area contributed by atoms with Crippen LogP contribution in [-0.4, -0.2) is 0 Å². The molecule has 0 radical (unpaired) electrons. The molecule has 1 nitrogen and oxygen atoms in total. The highest BCUT2D eigenvalue weighted by Crippen LogP contribution is 2.37. The van der Waals surface area contributed by atoms with E-state index in [9.17, 15) is 26.3 Å². The van der Waals surface area contributed by atoms with Crippen molar-refractivity contribution in [1.29, 1.82) is 0 Å². The highest BCUT2D eigenvalue weighted by molar-refractivity contribution is 9.10. The molecule has 0 amide bonds. The van der Waals surface area contributed by atoms with Crippen LogP contribution in [0.2, 0.25) is 5.02 Å². The molecule has 0 bridgehead atoms. The highest BCUT2D eigenvalue weighted by Gasteiger charge is 2.31. The third-order valence-corrected chi connectivity index (χ3v) is 5.73. The largest absolute Gasteiger partial charge is 0.416 e. The molecule has 0 fully saturated rings. The maximum absolute atomic E-state index is 12.9. The van der Waals surface area contributed by atoms with E-state index in [1.54, 1.807) is 25.1 Å². The minimum absolute atomic E-state index is 0.244. The fraction of sp³-hybridized carbons (Fsp3) is 0.182. The van der Waals surface area contributed by atoms with E-state index >= 15 is 0 Å². The molecule has 0 unspecified atom stereocenters. The zero-order valence-corrected chi connectivity index (χ0v) is 18.3. The van der Waals surface area contributed by atoms with E-state index in [1.165, 1.54) is 12.1 Å². The summed E-state index contributed by atoms with van der Waals surface area (Å²) in [6, 6.07) is 11.9. The first-order valence-corrected chi connectivity index (χ1v) is 10.1. The second kappa shape index (κ2) is 8.74. The number of nitrogens with one attached hydrogen (secondary N) is 1. The van der Waals surface area contributed by atoms with Crippen LogP contribution in [0.5, 0.6) is 0 Å². The van der Waals surface area contributed by atoms with Gasteiger partial charge in [0.2, 0.25) is 0 Å². The van der Waals surface area contributed by atoms with Crippen LogP contribution in [0.15, 0.2) is 59.1 Å². The monoisotopic (exact) mass is 521 g/mol. The minimum atomic E-state index is -4.42. The Kier molecular flexibility index (Phi) is 6.62. The molecule has 0 saturated carbocycles. The lowest BCUT2D eigenvalue weighted by molar-refractivity contribution is -0.138. The van der Waals surface area contributed by atoms with Crippen LogP contribution in [0.3, 0.4) is 0 Å². The number of halogens is 8. The summed E-state index contributed by atoms with van der Waals surface area (Å²) in [7, 11) is 0. The maximum Gasteiger partial charge on any atom is 0.416 e. The molecule has 1 N–H and O–H groups in total. The van der Waals surface area contributed by atoms with Gasteiger partial charge in [-0.1, -0.05) is 45.7 Å². The van der Waals surface area contributed by atoms with Crippen LogP contribution in [0.1, 0.15) is 22.3 Å². The molecule has 31 heavy (non-hydrogen) atoms. The first-order valence-electron chi connectivity index (χ1n) is 8.93. The summed E-state index contributed by atoms with van der Waals surface area (Å²) in [5, 5.41) is 3.41. The molecule has 0 aliphatic heterocycles. The Balaban J connectivity index is 1.78. The number of benzene rings is 3. The number of aryl methyl sites for hydroxylation is 1. The van der Waals surface area contributed by atoms with Crippen molar-refractivity contribution in [3.8, 4) is 11.1 Å². The maximum atomic E-state index is 12.9. The zero-order valence-electron chi connectivity index (χ0n) is 15.9. The van der Waals surface area contributed by atoms with Gasteiger partial charge >= 0.3 is 12.4 Å². The lowest BCUT2D eigenvalue weighted by Gasteiger charge is -2.14. The fourth-order valence-electron chi connectivity index (χ4n) is 3.05. The van der Waals surface area contributed by atoms with Crippen LogP contribution < -0.4 is 5.32 Å². The molecule has 0 aliphatic rings. The Labute approximate surface area is 188 Å². The van der Waals surface area contributed by atoms with Gasteiger partial charge in [-0.2, -0.15) is 26.3 Å². The summed E-state index contributed by atoms with van der Waals surface area (Å²) in [6.45, 7) is 1.82. The van der Waals surface area contributed by atoms with Gasteiger partial charge in [0.15, 0.2) is 0 Å². The van der Waals surface area contributed by atoms with Crippen molar-refractivity contribution >= 4 is 33.2 Å². The lowest BCUT2D eigenvalue weighted by Crippen LogP contribution is -2.06. The van der Waals surface area contributed by atoms with Crippen molar-refractivity contribution < 1.29 is 26.3 Å². The van der Waals surface area contributed by atoms with Crippen molar-refractivity contribution in [3.63, 3.8) is 0 Å². The number of alkyl halides is 6. The van der Waals surface area contributed by atoms with E-state index in [0.717, 1.165) is 24.3 Å². The number of rotatable bonds is 4. The smallest absolute Gasteiger partial charge is 0.381 e. The van der Waals surface area contributed by atoms with Crippen LogP contribution in [0, 0.1) is 6.92 Å². The normalized spacial score (nSPS) is 12.2. The van der Waals surface area contributed by atoms with Gasteiger partial charge in [-0.25, -0.2) is 0 Å². The second-order valence-corrected chi connectivity index (χ2v) is 8.14. The van der Waals surface area contributed by atoms with Crippen molar-refractivity contribution in [2.24, 2.45) is 0 Å². The molecule has 9 heteroatoms. The molecule has 3 aromatic carbocycles. The molecular weight excluding hydrogens is 508 g/mol. The number of anilines is 1. The van der Waals surface area contributed by atoms with Crippen LogP contribution in [0.4, 0.5) is 32.0 Å². The molecule has 0 aliphatic carbocycles. The third-order valence-electron chi connectivity index (χ3n) is 4.68. The molecule has 0 saturated heterocycles. The zero-order chi connectivity index (χ0) is 23.0. The fourth-order valence-corrected chi connectivity index (χ4v) is 3.85. The Hall–Kier alpha value is -2.19. The summed E-state index contributed by atoms with van der Waals surface area (Å²) in [5.41, 5.74) is 1.35. The Morgan fingerprint density at radius 1 is 0.806 bits per heavy atom. The molecule has 0 atom stereocenters. The summed E-state index contributed by atoms with van der Waals surface area (Å²) >= 11 is 9.50. The summed E-state index contributed by atoms with van der Waals surface area (Å²) in [6.07, 6.45) is -8.85. The quantitative estimate of drug-likeness (QED) is 0.338. The van der Waals surface area contributed by atoms with Gasteiger partial charge in [0, 0.05) is 22.3 Å². The van der Waals surface area contributed by atoms with Crippen molar-refractivity contribution in [2.75, 3.05) is 5.32 Å². The predicted molar refractivity (Wildman–Crippen MR) is 113 cm³/mol. The molecule has 3 aromatic rings. The van der Waals surface area contributed by atoms with Gasteiger partial charge in [0.25, 0.3) is 0 Å². The Bertz CT molecular complexity index is 1110. The van der Waals surface area contributed by atoms with E-state index in [-0.39, 0.29) is 6.54 Å². The third kappa shape index (κ3) is 5.54. The van der Waals surface area contributed by atoms with Gasteiger partial charge in [0.05, 0.1) is 16.1 Å². The van der Waals surface area contributed by atoms with Crippen molar-refractivity contribution in [1.82, 2.24) is 0 Å². The van der Waals surface area contributed by atoms with E-state index in [0.29, 0.717) is 37.4 Å². The summed E-state index contributed by atoms with van der Waals surface area (Å²) < 4.78 is 77.3. The Morgan fingerprint density at radius 3 is 1.94 bits per heavy atom. The van der Waals surface area contributed by atoms with E-state index in [2.05, 4.69) is 21.2 Å². The van der Waals surface area contributed by atoms with Gasteiger partial charge < -0.3 is 5.32 Å². The molecule has 164 valence electrons.